The smallest absolute Gasteiger partial charge is 0.159 e. The molecule has 0 spiro atoms. The molecule has 1 aromatic carbocycles. The predicted molar refractivity (Wildman–Crippen MR) is 111 cm³/mol. The summed E-state index contributed by atoms with van der Waals surface area (Å²) in [6, 6.07) is 8.37. The van der Waals surface area contributed by atoms with Gasteiger partial charge in [-0.2, -0.15) is 0 Å². The first-order valence-electron chi connectivity index (χ1n) is 11.1. The topological polar surface area (TPSA) is 43.4 Å². The van der Waals surface area contributed by atoms with Gasteiger partial charge in [-0.25, -0.2) is 0 Å². The molecular formula is C26H28O3. The second-order valence-electron chi connectivity index (χ2n) is 10.1. The van der Waals surface area contributed by atoms with Crippen molar-refractivity contribution in [3.63, 3.8) is 0 Å². The lowest BCUT2D eigenvalue weighted by Gasteiger charge is -2.51. The molecule has 3 fully saturated rings. The fourth-order valence-corrected chi connectivity index (χ4v) is 8.50. The molecule has 2 bridgehead atoms. The minimum atomic E-state index is -0.310. The van der Waals surface area contributed by atoms with Crippen LogP contribution in [-0.4, -0.2) is 18.7 Å². The highest BCUT2D eigenvalue weighted by Gasteiger charge is 2.79. The summed E-state index contributed by atoms with van der Waals surface area (Å²) in [4.78, 5) is 26.7. The van der Waals surface area contributed by atoms with Crippen LogP contribution in [0.25, 0.3) is 0 Å². The number of rotatable bonds is 2. The molecule has 3 heteroatoms. The van der Waals surface area contributed by atoms with Crippen molar-refractivity contribution in [3.05, 3.63) is 54.1 Å². The van der Waals surface area contributed by atoms with Crippen LogP contribution in [0.1, 0.15) is 44.6 Å². The number of hydrogen-bond acceptors (Lipinski definition) is 3. The maximum atomic E-state index is 13.7. The van der Waals surface area contributed by atoms with Crippen LogP contribution in [0.4, 0.5) is 0 Å². The van der Waals surface area contributed by atoms with Gasteiger partial charge >= 0.3 is 0 Å². The van der Waals surface area contributed by atoms with E-state index in [1.165, 1.54) is 18.4 Å². The van der Waals surface area contributed by atoms with Crippen LogP contribution in [0, 0.1) is 34.5 Å². The van der Waals surface area contributed by atoms with Gasteiger partial charge in [-0.05, 0) is 59.3 Å². The largest absolute Gasteiger partial charge is 0.497 e. The number of carbonyl (C=O) groups is 2. The summed E-state index contributed by atoms with van der Waals surface area (Å²) in [5.41, 5.74) is 0.847. The van der Waals surface area contributed by atoms with Gasteiger partial charge < -0.3 is 4.74 Å². The quantitative estimate of drug-likeness (QED) is 0.692. The normalized spacial score (nSPS) is 46.6. The van der Waals surface area contributed by atoms with E-state index in [1.807, 2.05) is 18.2 Å². The van der Waals surface area contributed by atoms with Gasteiger partial charge in [0.2, 0.25) is 0 Å². The van der Waals surface area contributed by atoms with E-state index in [0.29, 0.717) is 12.2 Å². The Morgan fingerprint density at radius 2 is 1.79 bits per heavy atom. The number of allylic oxidation sites excluding steroid dienone is 4. The van der Waals surface area contributed by atoms with Crippen LogP contribution >= 0.6 is 0 Å². The fraction of sp³-hybridized carbons (Fsp3) is 0.538. The van der Waals surface area contributed by atoms with Crippen LogP contribution in [-0.2, 0) is 15.0 Å². The molecule has 0 aromatic heterocycles. The number of carbonyl (C=O) groups excluding carboxylic acids is 2. The van der Waals surface area contributed by atoms with E-state index in [1.54, 1.807) is 13.2 Å². The molecular weight excluding hydrogens is 360 g/mol. The predicted octanol–water partition coefficient (Wildman–Crippen LogP) is 4.66. The standard InChI is InChI=1S/C26H28O3/c1-24-11-3-4-12-25(24)13-14-26(24,17-6-8-18(29-2)9-7-17)22-20(28)15-16-5-10-19(27)21(16)23(22)25/h5-10,13-14,16,21-23H,3-4,11-12,15H2,1-2H3/t16-,21+,22-,23+,24+,25+,26-/m1/s1. The van der Waals surface area contributed by atoms with Gasteiger partial charge in [-0.15, -0.1) is 0 Å². The van der Waals surface area contributed by atoms with E-state index >= 15 is 0 Å². The highest BCUT2D eigenvalue weighted by Crippen LogP contribution is 2.80. The second kappa shape index (κ2) is 5.50. The van der Waals surface area contributed by atoms with Crippen LogP contribution in [0.3, 0.4) is 0 Å². The molecule has 5 aliphatic carbocycles. The first-order chi connectivity index (χ1) is 14.0. The summed E-state index contributed by atoms with van der Waals surface area (Å²) in [6.45, 7) is 2.42. The van der Waals surface area contributed by atoms with E-state index in [2.05, 4.69) is 31.2 Å². The molecule has 3 nitrogen and oxygen atoms in total. The third-order valence-electron chi connectivity index (χ3n) is 9.58. The van der Waals surface area contributed by atoms with Gasteiger partial charge in [-0.3, -0.25) is 9.59 Å². The van der Waals surface area contributed by atoms with Crippen LogP contribution in [0.5, 0.6) is 5.75 Å². The lowest BCUT2D eigenvalue weighted by Crippen LogP contribution is -2.49. The highest BCUT2D eigenvalue weighted by atomic mass is 16.5. The van der Waals surface area contributed by atoms with Crippen LogP contribution in [0.2, 0.25) is 0 Å². The monoisotopic (exact) mass is 388 g/mol. The molecule has 7 atom stereocenters. The van der Waals surface area contributed by atoms with E-state index in [0.717, 1.165) is 18.6 Å². The van der Waals surface area contributed by atoms with E-state index in [9.17, 15) is 9.59 Å². The van der Waals surface area contributed by atoms with Crippen molar-refractivity contribution < 1.29 is 14.3 Å². The Kier molecular flexibility index (Phi) is 3.35. The zero-order chi connectivity index (χ0) is 20.0. The van der Waals surface area contributed by atoms with Crippen molar-refractivity contribution in [3.8, 4) is 5.75 Å². The number of fused-ring (bicyclic) bond motifs is 4. The highest BCUT2D eigenvalue weighted by molar-refractivity contribution is 5.99. The zero-order valence-corrected chi connectivity index (χ0v) is 17.2. The second-order valence-corrected chi connectivity index (χ2v) is 10.1. The van der Waals surface area contributed by atoms with Gasteiger partial charge in [-0.1, -0.05) is 50.1 Å². The molecule has 0 heterocycles. The van der Waals surface area contributed by atoms with Gasteiger partial charge in [0.1, 0.15) is 11.5 Å². The van der Waals surface area contributed by atoms with E-state index in [-0.39, 0.29) is 45.7 Å². The summed E-state index contributed by atoms with van der Waals surface area (Å²) in [5.74, 6) is 1.60. The molecule has 0 amide bonds. The lowest BCUT2D eigenvalue weighted by molar-refractivity contribution is -0.136. The number of benzene rings is 1. The lowest BCUT2D eigenvalue weighted by atomic mass is 9.52. The Balaban J connectivity index is 1.61. The minimum Gasteiger partial charge on any atom is -0.497 e. The van der Waals surface area contributed by atoms with E-state index < -0.39 is 0 Å². The minimum absolute atomic E-state index is 0.0137. The maximum Gasteiger partial charge on any atom is 0.159 e. The molecule has 29 heavy (non-hydrogen) atoms. The molecule has 3 saturated carbocycles. The maximum absolute atomic E-state index is 13.7. The summed E-state index contributed by atoms with van der Waals surface area (Å²) in [7, 11) is 1.69. The zero-order valence-electron chi connectivity index (χ0n) is 17.2. The molecule has 5 aliphatic rings. The van der Waals surface area contributed by atoms with Crippen molar-refractivity contribution in [2.24, 2.45) is 34.5 Å². The summed E-state index contributed by atoms with van der Waals surface area (Å²) < 4.78 is 5.40. The van der Waals surface area contributed by atoms with Crippen molar-refractivity contribution in [2.45, 2.75) is 44.4 Å². The molecule has 1 aromatic rings. The third kappa shape index (κ3) is 1.78. The van der Waals surface area contributed by atoms with Gasteiger partial charge in [0, 0.05) is 23.7 Å². The molecule has 0 saturated heterocycles. The molecule has 0 aliphatic heterocycles. The Labute approximate surface area is 172 Å². The summed E-state index contributed by atoms with van der Waals surface area (Å²) in [6.07, 6.45) is 13.7. The van der Waals surface area contributed by atoms with Gasteiger partial charge in [0.05, 0.1) is 7.11 Å². The molecule has 0 unspecified atom stereocenters. The first-order valence-corrected chi connectivity index (χ1v) is 11.1. The van der Waals surface area contributed by atoms with Crippen molar-refractivity contribution in [2.75, 3.05) is 7.11 Å². The van der Waals surface area contributed by atoms with Crippen LogP contribution in [0.15, 0.2) is 48.6 Å². The average molecular weight is 389 g/mol. The fourth-order valence-electron chi connectivity index (χ4n) is 8.50. The number of ketones is 2. The molecule has 0 radical (unpaired) electrons. The number of ether oxygens (including phenoxy) is 1. The number of methoxy groups -OCH3 is 1. The SMILES string of the molecule is COc1ccc([C@@]23C=C[C@@]4(CCCC[C@@]42C)[C@H]2[C@@H]4C(=O)C=C[C@@H]4CC(=O)[C@H]23)cc1. The van der Waals surface area contributed by atoms with E-state index in [4.69, 9.17) is 4.74 Å². The Bertz CT molecular complexity index is 972. The number of Topliss-reactive ketones (excluding diaryl/α,β-unsaturated/α-hetero) is 1. The Morgan fingerprint density at radius 3 is 2.55 bits per heavy atom. The van der Waals surface area contributed by atoms with Gasteiger partial charge in [0.15, 0.2) is 5.78 Å². The molecule has 0 N–H and O–H groups in total. The Morgan fingerprint density at radius 1 is 1.03 bits per heavy atom. The third-order valence-corrected chi connectivity index (χ3v) is 9.58. The van der Waals surface area contributed by atoms with Crippen molar-refractivity contribution >= 4 is 11.6 Å². The summed E-state index contributed by atoms with van der Waals surface area (Å²) in [5, 5.41) is 0. The van der Waals surface area contributed by atoms with Crippen molar-refractivity contribution in [1.82, 2.24) is 0 Å². The Hall–Kier alpha value is -2.16. The molecule has 6 rings (SSSR count). The van der Waals surface area contributed by atoms with Crippen LogP contribution < -0.4 is 4.74 Å². The average Bonchev–Trinajstić information content (AvgIpc) is 3.30. The summed E-state index contributed by atoms with van der Waals surface area (Å²) >= 11 is 0. The number of hydrogen-bond donors (Lipinski definition) is 0. The van der Waals surface area contributed by atoms with Gasteiger partial charge in [0.25, 0.3) is 0 Å². The first kappa shape index (κ1) is 17.7. The van der Waals surface area contributed by atoms with Crippen molar-refractivity contribution in [1.29, 1.82) is 0 Å². The molecule has 150 valence electrons.